The number of aromatic nitrogens is 3. The molecule has 2 aromatic rings. The summed E-state index contributed by atoms with van der Waals surface area (Å²) in [6.07, 6.45) is 2.47. The van der Waals surface area contributed by atoms with E-state index in [1.54, 1.807) is 6.92 Å². The number of hydrogen-bond donors (Lipinski definition) is 2. The Bertz CT molecular complexity index is 722. The lowest BCUT2D eigenvalue weighted by Gasteiger charge is -2.04. The first-order chi connectivity index (χ1) is 9.40. The van der Waals surface area contributed by atoms with Crippen LogP contribution >= 0.6 is 0 Å². The Kier molecular flexibility index (Phi) is 3.77. The van der Waals surface area contributed by atoms with Crippen LogP contribution in [0, 0.1) is 17.0 Å². The van der Waals surface area contributed by atoms with Gasteiger partial charge in [-0.25, -0.2) is 13.1 Å². The second-order valence-electron chi connectivity index (χ2n) is 3.95. The van der Waals surface area contributed by atoms with Gasteiger partial charge in [0.15, 0.2) is 6.20 Å². The van der Waals surface area contributed by atoms with Crippen LogP contribution in [0.25, 0.3) is 0 Å². The lowest BCUT2D eigenvalue weighted by Crippen LogP contribution is -2.23. The number of rotatable bonds is 5. The van der Waals surface area contributed by atoms with Crippen molar-refractivity contribution in [2.75, 3.05) is 0 Å². The maximum Gasteiger partial charge on any atom is 0.363 e. The van der Waals surface area contributed by atoms with Crippen LogP contribution in [0.2, 0.25) is 0 Å². The molecule has 0 bridgehead atoms. The van der Waals surface area contributed by atoms with E-state index in [4.69, 9.17) is 0 Å². The van der Waals surface area contributed by atoms with Gasteiger partial charge in [-0.2, -0.15) is 5.10 Å². The Morgan fingerprint density at radius 3 is 2.65 bits per heavy atom. The monoisotopic (exact) mass is 297 g/mol. The highest BCUT2D eigenvalue weighted by Crippen LogP contribution is 2.13. The summed E-state index contributed by atoms with van der Waals surface area (Å²) in [6.45, 7) is 1.84. The molecule has 0 fully saturated rings. The third kappa shape index (κ3) is 2.97. The summed E-state index contributed by atoms with van der Waals surface area (Å²) in [7, 11) is -3.77. The normalized spacial score (nSPS) is 11.4. The minimum Gasteiger partial charge on any atom is -0.358 e. The average molecular weight is 297 g/mol. The molecule has 0 atom stereocenters. The van der Waals surface area contributed by atoms with E-state index in [1.807, 2.05) is 0 Å². The Labute approximate surface area is 114 Å². The van der Waals surface area contributed by atoms with Crippen molar-refractivity contribution in [1.82, 2.24) is 19.9 Å². The van der Waals surface area contributed by atoms with Gasteiger partial charge in [-0.3, -0.25) is 5.10 Å². The summed E-state index contributed by atoms with van der Waals surface area (Å²) in [5.74, 6) is -0.408. The predicted molar refractivity (Wildman–Crippen MR) is 68.2 cm³/mol. The van der Waals surface area contributed by atoms with Crippen LogP contribution in [0.3, 0.4) is 0 Å². The highest BCUT2D eigenvalue weighted by atomic mass is 32.2. The fraction of sp³-hybridized carbons (Fsp3) is 0.200. The molecule has 9 nitrogen and oxygen atoms in total. The zero-order valence-corrected chi connectivity index (χ0v) is 11.2. The van der Waals surface area contributed by atoms with Crippen molar-refractivity contribution in [3.05, 3.63) is 45.9 Å². The Morgan fingerprint density at radius 2 is 2.15 bits per heavy atom. The van der Waals surface area contributed by atoms with E-state index in [-0.39, 0.29) is 11.4 Å². The van der Waals surface area contributed by atoms with E-state index in [1.165, 1.54) is 6.20 Å². The van der Waals surface area contributed by atoms with Gasteiger partial charge in [-0.05, 0) is 22.9 Å². The largest absolute Gasteiger partial charge is 0.363 e. The molecule has 106 valence electrons. The number of pyridine rings is 1. The summed E-state index contributed by atoms with van der Waals surface area (Å²) in [4.78, 5) is 13.1. The van der Waals surface area contributed by atoms with Crippen LogP contribution in [0.1, 0.15) is 11.3 Å². The molecule has 0 saturated carbocycles. The van der Waals surface area contributed by atoms with Crippen LogP contribution in [0.5, 0.6) is 0 Å². The fourth-order valence-corrected chi connectivity index (χ4v) is 2.40. The number of H-pyrrole nitrogens is 1. The summed E-state index contributed by atoms with van der Waals surface area (Å²) in [5.41, 5.74) is 1.47. The Hall–Kier alpha value is -2.33. The topological polar surface area (TPSA) is 131 Å². The first-order valence-electron chi connectivity index (χ1n) is 5.49. The summed E-state index contributed by atoms with van der Waals surface area (Å²) in [5, 5.41) is 16.9. The Morgan fingerprint density at radius 1 is 1.40 bits per heavy atom. The summed E-state index contributed by atoms with van der Waals surface area (Å²) < 4.78 is 26.3. The molecule has 0 aliphatic heterocycles. The van der Waals surface area contributed by atoms with Crippen molar-refractivity contribution in [3.8, 4) is 0 Å². The van der Waals surface area contributed by atoms with E-state index < -0.39 is 20.8 Å². The molecule has 0 aromatic carbocycles. The lowest BCUT2D eigenvalue weighted by molar-refractivity contribution is -0.389. The molecule has 0 aliphatic rings. The third-order valence-corrected chi connectivity index (χ3v) is 3.99. The molecular formula is C10H11N5O4S. The molecule has 0 unspecified atom stereocenters. The molecule has 2 N–H and O–H groups in total. The third-order valence-electron chi connectivity index (χ3n) is 2.61. The van der Waals surface area contributed by atoms with Gasteiger partial charge in [0.2, 0.25) is 10.0 Å². The second-order valence-corrected chi connectivity index (χ2v) is 5.72. The first-order valence-corrected chi connectivity index (χ1v) is 6.97. The van der Waals surface area contributed by atoms with Crippen LogP contribution < -0.4 is 4.72 Å². The number of nitro groups is 1. The Balaban J connectivity index is 2.14. The molecular weight excluding hydrogens is 286 g/mol. The number of hydrogen-bond acceptors (Lipinski definition) is 6. The van der Waals surface area contributed by atoms with E-state index in [0.29, 0.717) is 5.56 Å². The second kappa shape index (κ2) is 5.35. The standard InChI is InChI=1S/C10H11N5O4S/c1-7-8(4-12-14-7)5-13-20(18,19)9-2-3-10(11-6-9)15(16)17/h2-4,6,13H,5H2,1H3,(H,12,14). The van der Waals surface area contributed by atoms with Crippen LogP contribution in [0.15, 0.2) is 29.4 Å². The molecule has 0 aliphatic carbocycles. The first kappa shape index (κ1) is 14.1. The molecule has 0 spiro atoms. The molecule has 0 radical (unpaired) electrons. The molecule has 2 aromatic heterocycles. The smallest absolute Gasteiger partial charge is 0.358 e. The molecule has 2 heterocycles. The van der Waals surface area contributed by atoms with E-state index in [2.05, 4.69) is 19.9 Å². The SMILES string of the molecule is Cc1[nH]ncc1CNS(=O)(=O)c1ccc([N+](=O)[O-])nc1. The van der Waals surface area contributed by atoms with Gasteiger partial charge < -0.3 is 10.1 Å². The molecule has 0 amide bonds. The van der Waals surface area contributed by atoms with Gasteiger partial charge in [-0.1, -0.05) is 0 Å². The number of aromatic amines is 1. The minimum atomic E-state index is -3.77. The number of nitrogens with one attached hydrogen (secondary N) is 2. The van der Waals surface area contributed by atoms with Crippen molar-refractivity contribution < 1.29 is 13.3 Å². The minimum absolute atomic E-state index is 0.0711. The van der Waals surface area contributed by atoms with Crippen LogP contribution in [0.4, 0.5) is 5.82 Å². The molecule has 10 heteroatoms. The van der Waals surface area contributed by atoms with E-state index in [0.717, 1.165) is 24.0 Å². The molecule has 0 saturated heterocycles. The average Bonchev–Trinajstić information content (AvgIpc) is 2.82. The zero-order chi connectivity index (χ0) is 14.8. The van der Waals surface area contributed by atoms with Crippen LogP contribution in [-0.4, -0.2) is 28.5 Å². The van der Waals surface area contributed by atoms with E-state index >= 15 is 0 Å². The van der Waals surface area contributed by atoms with Gasteiger partial charge in [0.05, 0.1) is 6.20 Å². The number of nitrogens with zero attached hydrogens (tertiary/aromatic N) is 3. The van der Waals surface area contributed by atoms with Crippen molar-refractivity contribution in [1.29, 1.82) is 0 Å². The van der Waals surface area contributed by atoms with Gasteiger partial charge in [0.1, 0.15) is 4.90 Å². The van der Waals surface area contributed by atoms with Gasteiger partial charge >= 0.3 is 5.82 Å². The van der Waals surface area contributed by atoms with Crippen molar-refractivity contribution in [2.45, 2.75) is 18.4 Å². The molecule has 2 rings (SSSR count). The van der Waals surface area contributed by atoms with Gasteiger partial charge in [0.25, 0.3) is 0 Å². The van der Waals surface area contributed by atoms with Crippen molar-refractivity contribution in [2.24, 2.45) is 0 Å². The highest BCUT2D eigenvalue weighted by Gasteiger charge is 2.18. The lowest BCUT2D eigenvalue weighted by atomic mass is 10.3. The maximum atomic E-state index is 12.0. The number of sulfonamides is 1. The summed E-state index contributed by atoms with van der Waals surface area (Å²) in [6, 6.07) is 2.17. The van der Waals surface area contributed by atoms with E-state index in [9.17, 15) is 18.5 Å². The fourth-order valence-electron chi connectivity index (χ4n) is 1.45. The maximum absolute atomic E-state index is 12.0. The predicted octanol–water partition coefficient (Wildman–Crippen LogP) is 0.500. The van der Waals surface area contributed by atoms with Crippen LogP contribution in [-0.2, 0) is 16.6 Å². The van der Waals surface area contributed by atoms with Crippen molar-refractivity contribution in [3.63, 3.8) is 0 Å². The highest BCUT2D eigenvalue weighted by molar-refractivity contribution is 7.89. The number of aryl methyl sites for hydroxylation is 1. The van der Waals surface area contributed by atoms with Gasteiger partial charge in [0, 0.05) is 23.9 Å². The quantitative estimate of drug-likeness (QED) is 0.610. The van der Waals surface area contributed by atoms with Crippen molar-refractivity contribution >= 4 is 15.8 Å². The van der Waals surface area contributed by atoms with Gasteiger partial charge in [-0.15, -0.1) is 0 Å². The summed E-state index contributed by atoms with van der Waals surface area (Å²) >= 11 is 0. The zero-order valence-electron chi connectivity index (χ0n) is 10.4. The molecule has 20 heavy (non-hydrogen) atoms.